The first kappa shape index (κ1) is 34.8. The minimum absolute atomic E-state index is 0. The van der Waals surface area contributed by atoms with Gasteiger partial charge in [0.25, 0.3) is 0 Å². The second-order valence-electron chi connectivity index (χ2n) is 12.7. The monoisotopic (exact) mass is 662 g/mol. The van der Waals surface area contributed by atoms with Crippen molar-refractivity contribution in [3.63, 3.8) is 0 Å². The number of rotatable bonds is 9. The maximum atomic E-state index is 13.6. The van der Waals surface area contributed by atoms with Crippen molar-refractivity contribution in [1.82, 2.24) is 9.88 Å². The van der Waals surface area contributed by atoms with Gasteiger partial charge in [-0.15, -0.1) is 0 Å². The lowest BCUT2D eigenvalue weighted by Gasteiger charge is -2.20. The van der Waals surface area contributed by atoms with Crippen molar-refractivity contribution in [3.8, 4) is 16.9 Å². The molecule has 1 aliphatic carbocycles. The van der Waals surface area contributed by atoms with Gasteiger partial charge in [-0.05, 0) is 72.4 Å². The molecule has 1 aromatic heterocycles. The molecule has 0 radical (unpaired) electrons. The fourth-order valence-corrected chi connectivity index (χ4v) is 6.05. The number of carbonyl (C=O) groups is 3. The summed E-state index contributed by atoms with van der Waals surface area (Å²) in [5.41, 5.74) is 5.71. The van der Waals surface area contributed by atoms with Crippen LogP contribution in [0.2, 0.25) is 0 Å². The van der Waals surface area contributed by atoms with Crippen molar-refractivity contribution in [2.24, 2.45) is 0 Å². The molecule has 6 rings (SSSR count). The van der Waals surface area contributed by atoms with Gasteiger partial charge in [-0.3, -0.25) is 4.57 Å². The molecule has 0 spiro atoms. The van der Waals surface area contributed by atoms with Gasteiger partial charge in [-0.2, -0.15) is 0 Å². The third kappa shape index (κ3) is 7.78. The molecule has 0 bridgehead atoms. The quantitative estimate of drug-likeness (QED) is 0.125. The molecule has 0 unspecified atom stereocenters. The van der Waals surface area contributed by atoms with Gasteiger partial charge in [-0.25, -0.2) is 14.4 Å². The highest BCUT2D eigenvalue weighted by Crippen LogP contribution is 2.44. The molecule has 0 saturated carbocycles. The van der Waals surface area contributed by atoms with Crippen LogP contribution in [0.5, 0.6) is 5.75 Å². The Kier molecular flexibility index (Phi) is 10.4. The minimum Gasteiger partial charge on any atom is -0.497 e. The number of nitrogens with one attached hydrogen (secondary N) is 1. The molecule has 0 saturated heterocycles. The van der Waals surface area contributed by atoms with E-state index in [4.69, 9.17) is 18.9 Å². The Labute approximate surface area is 286 Å². The molecule has 0 fully saturated rings. The zero-order valence-electron chi connectivity index (χ0n) is 27.4. The standard InChI is InChI=1S/C39H38N2O7.CH4/c1-39(2,3)48-38(44)41-22-26(28-11-9-10-16-35(28)41)21-34(36(42)46-23-25-17-19-27(45-4)20-18-25)40-37(43)47-24-33-31-14-7-5-12-29(31)30-13-6-8-15-32(30)33;/h5-20,22,33-34H,21,23-24H2,1-4H3,(H,40,43);1H4/t34-;/m0./s1. The Bertz CT molecular complexity index is 1910. The summed E-state index contributed by atoms with van der Waals surface area (Å²) in [6.45, 7) is 5.47. The summed E-state index contributed by atoms with van der Waals surface area (Å²) in [5, 5.41) is 3.49. The number of aromatic nitrogens is 1. The summed E-state index contributed by atoms with van der Waals surface area (Å²) in [4.78, 5) is 40.1. The third-order valence-electron chi connectivity index (χ3n) is 8.27. The topological polar surface area (TPSA) is 105 Å². The van der Waals surface area contributed by atoms with Crippen molar-refractivity contribution in [1.29, 1.82) is 0 Å². The molecular weight excluding hydrogens is 620 g/mol. The van der Waals surface area contributed by atoms with Crippen molar-refractivity contribution in [2.45, 2.75) is 58.8 Å². The molecule has 1 N–H and O–H groups in total. The van der Waals surface area contributed by atoms with E-state index in [0.717, 1.165) is 33.2 Å². The predicted octanol–water partition coefficient (Wildman–Crippen LogP) is 8.26. The second kappa shape index (κ2) is 14.7. The number of nitrogens with zero attached hydrogens (tertiary/aromatic N) is 1. The van der Waals surface area contributed by atoms with Gasteiger partial charge in [-0.1, -0.05) is 86.3 Å². The van der Waals surface area contributed by atoms with Gasteiger partial charge in [0.1, 0.15) is 30.6 Å². The molecule has 1 heterocycles. The zero-order chi connectivity index (χ0) is 33.8. The lowest BCUT2D eigenvalue weighted by molar-refractivity contribution is -0.147. The number of amides is 1. The number of benzene rings is 4. The van der Waals surface area contributed by atoms with Gasteiger partial charge < -0.3 is 24.3 Å². The van der Waals surface area contributed by atoms with Crippen LogP contribution in [-0.4, -0.2) is 48.1 Å². The van der Waals surface area contributed by atoms with Crippen LogP contribution >= 0.6 is 0 Å². The highest BCUT2D eigenvalue weighted by molar-refractivity contribution is 5.93. The summed E-state index contributed by atoms with van der Waals surface area (Å²) < 4.78 is 23.7. The Balaban J connectivity index is 0.00000468. The van der Waals surface area contributed by atoms with Gasteiger partial charge in [0, 0.05) is 23.9 Å². The Morgan fingerprint density at radius 2 is 1.43 bits per heavy atom. The van der Waals surface area contributed by atoms with Gasteiger partial charge >= 0.3 is 18.2 Å². The van der Waals surface area contributed by atoms with Crippen LogP contribution in [0.1, 0.15) is 56.4 Å². The number of ether oxygens (including phenoxy) is 4. The van der Waals surface area contributed by atoms with Crippen LogP contribution in [0.15, 0.2) is 103 Å². The zero-order valence-corrected chi connectivity index (χ0v) is 27.4. The van der Waals surface area contributed by atoms with E-state index in [2.05, 4.69) is 17.4 Å². The molecule has 254 valence electrons. The van der Waals surface area contributed by atoms with E-state index in [1.165, 1.54) is 4.57 Å². The van der Waals surface area contributed by atoms with E-state index in [9.17, 15) is 14.4 Å². The molecular formula is C40H42N2O7. The van der Waals surface area contributed by atoms with Crippen LogP contribution in [0, 0.1) is 0 Å². The van der Waals surface area contributed by atoms with Crippen LogP contribution in [-0.2, 0) is 32.0 Å². The largest absolute Gasteiger partial charge is 0.497 e. The van der Waals surface area contributed by atoms with Gasteiger partial charge in [0.2, 0.25) is 0 Å². The first-order chi connectivity index (χ1) is 23.1. The number of hydrogen-bond acceptors (Lipinski definition) is 7. The van der Waals surface area contributed by atoms with E-state index in [0.29, 0.717) is 16.8 Å². The Hall–Kier alpha value is -5.57. The third-order valence-corrected chi connectivity index (χ3v) is 8.27. The number of methoxy groups -OCH3 is 1. The molecule has 9 nitrogen and oxygen atoms in total. The highest BCUT2D eigenvalue weighted by Gasteiger charge is 2.31. The van der Waals surface area contributed by atoms with E-state index in [1.54, 1.807) is 64.4 Å². The number of esters is 1. The number of alkyl carbamates (subject to hydrolysis) is 1. The number of fused-ring (bicyclic) bond motifs is 4. The van der Waals surface area contributed by atoms with E-state index >= 15 is 0 Å². The minimum atomic E-state index is -1.11. The first-order valence-electron chi connectivity index (χ1n) is 15.8. The normalized spacial score (nSPS) is 12.7. The molecule has 1 aliphatic rings. The molecule has 49 heavy (non-hydrogen) atoms. The summed E-state index contributed by atoms with van der Waals surface area (Å²) in [5.74, 6) is -0.106. The average Bonchev–Trinajstić information content (AvgIpc) is 3.61. The molecule has 4 aromatic carbocycles. The molecule has 1 amide bonds. The maximum absolute atomic E-state index is 13.6. The van der Waals surface area contributed by atoms with Crippen molar-refractivity contribution in [2.75, 3.05) is 13.7 Å². The summed E-state index contributed by atoms with van der Waals surface area (Å²) in [6, 6.07) is 29.5. The lowest BCUT2D eigenvalue weighted by Crippen LogP contribution is -2.43. The van der Waals surface area contributed by atoms with Crippen LogP contribution in [0.4, 0.5) is 9.59 Å². The van der Waals surface area contributed by atoms with Crippen molar-refractivity contribution < 1.29 is 33.3 Å². The van der Waals surface area contributed by atoms with E-state index in [1.807, 2.05) is 54.6 Å². The number of carbonyl (C=O) groups excluding carboxylic acids is 3. The maximum Gasteiger partial charge on any atom is 0.419 e. The molecule has 1 atom stereocenters. The van der Waals surface area contributed by atoms with E-state index < -0.39 is 29.8 Å². The van der Waals surface area contributed by atoms with Crippen LogP contribution < -0.4 is 10.1 Å². The fraction of sp³-hybridized carbons (Fsp3) is 0.275. The molecule has 9 heteroatoms. The SMILES string of the molecule is C.COc1ccc(COC(=O)[C@H](Cc2cn(C(=O)OC(C)(C)C)c3ccccc23)NC(=O)OCC2c3ccccc3-c3ccccc32)cc1. The van der Waals surface area contributed by atoms with Crippen molar-refractivity contribution >= 4 is 29.1 Å². The summed E-state index contributed by atoms with van der Waals surface area (Å²) in [6.07, 6.45) is 0.386. The second-order valence-corrected chi connectivity index (χ2v) is 12.7. The molecule has 0 aliphatic heterocycles. The average molecular weight is 663 g/mol. The number of hydrogen-bond donors (Lipinski definition) is 1. The molecule has 5 aromatic rings. The Morgan fingerprint density at radius 1 is 0.816 bits per heavy atom. The van der Waals surface area contributed by atoms with Crippen LogP contribution in [0.25, 0.3) is 22.0 Å². The first-order valence-corrected chi connectivity index (χ1v) is 15.8. The van der Waals surface area contributed by atoms with E-state index in [-0.39, 0.29) is 33.0 Å². The fourth-order valence-electron chi connectivity index (χ4n) is 6.05. The Morgan fingerprint density at radius 3 is 2.06 bits per heavy atom. The lowest BCUT2D eigenvalue weighted by atomic mass is 9.98. The van der Waals surface area contributed by atoms with Gasteiger partial charge in [0.05, 0.1) is 12.6 Å². The van der Waals surface area contributed by atoms with Gasteiger partial charge in [0.15, 0.2) is 0 Å². The van der Waals surface area contributed by atoms with Crippen molar-refractivity contribution in [3.05, 3.63) is 126 Å². The summed E-state index contributed by atoms with van der Waals surface area (Å²) in [7, 11) is 1.58. The predicted molar refractivity (Wildman–Crippen MR) is 189 cm³/mol. The summed E-state index contributed by atoms with van der Waals surface area (Å²) >= 11 is 0. The highest BCUT2D eigenvalue weighted by atomic mass is 16.6. The smallest absolute Gasteiger partial charge is 0.419 e. The van der Waals surface area contributed by atoms with Crippen LogP contribution in [0.3, 0.4) is 0 Å². The number of para-hydroxylation sites is 1.